The smallest absolute Gasteiger partial charge is 0.223 e. The van der Waals surface area contributed by atoms with Crippen molar-refractivity contribution in [3.63, 3.8) is 0 Å². The van der Waals surface area contributed by atoms with E-state index in [0.717, 1.165) is 51.6 Å². The molecule has 1 aliphatic heterocycles. The summed E-state index contributed by atoms with van der Waals surface area (Å²) < 4.78 is 0. The van der Waals surface area contributed by atoms with Crippen LogP contribution in [0.15, 0.2) is 0 Å². The zero-order chi connectivity index (χ0) is 14.4. The van der Waals surface area contributed by atoms with Gasteiger partial charge >= 0.3 is 0 Å². The van der Waals surface area contributed by atoms with Gasteiger partial charge in [-0.25, -0.2) is 0 Å². The first kappa shape index (κ1) is 15.3. The van der Waals surface area contributed by atoms with Crippen molar-refractivity contribution >= 4 is 11.8 Å². The van der Waals surface area contributed by atoms with Crippen LogP contribution >= 0.6 is 0 Å². The van der Waals surface area contributed by atoms with Crippen molar-refractivity contribution in [2.45, 2.75) is 64.0 Å². The number of carbonyl (C=O) groups is 2. The molecule has 0 spiro atoms. The Labute approximate surface area is 121 Å². The van der Waals surface area contributed by atoms with Gasteiger partial charge in [-0.05, 0) is 39.2 Å². The van der Waals surface area contributed by atoms with E-state index < -0.39 is 0 Å². The van der Waals surface area contributed by atoms with Crippen LogP contribution < -0.4 is 16.0 Å². The number of amides is 2. The van der Waals surface area contributed by atoms with E-state index in [2.05, 4.69) is 16.0 Å². The van der Waals surface area contributed by atoms with E-state index in [0.29, 0.717) is 6.42 Å². The van der Waals surface area contributed by atoms with Gasteiger partial charge in [-0.3, -0.25) is 9.59 Å². The topological polar surface area (TPSA) is 70.2 Å². The van der Waals surface area contributed by atoms with Gasteiger partial charge in [0, 0.05) is 31.0 Å². The Morgan fingerprint density at radius 2 is 1.95 bits per heavy atom. The second-order valence-corrected chi connectivity index (χ2v) is 6.21. The van der Waals surface area contributed by atoms with E-state index in [-0.39, 0.29) is 29.8 Å². The Morgan fingerprint density at radius 1 is 1.20 bits per heavy atom. The Balaban J connectivity index is 1.66. The molecular weight excluding hydrogens is 254 g/mol. The average Bonchev–Trinajstić information content (AvgIpc) is 2.93. The van der Waals surface area contributed by atoms with Gasteiger partial charge in [0.05, 0.1) is 0 Å². The van der Waals surface area contributed by atoms with Gasteiger partial charge in [0.25, 0.3) is 0 Å². The lowest BCUT2D eigenvalue weighted by Gasteiger charge is -2.24. The molecule has 2 atom stereocenters. The molecule has 2 rings (SSSR count). The third kappa shape index (κ3) is 4.78. The monoisotopic (exact) mass is 281 g/mol. The highest BCUT2D eigenvalue weighted by atomic mass is 16.2. The summed E-state index contributed by atoms with van der Waals surface area (Å²) >= 11 is 0. The lowest BCUT2D eigenvalue weighted by atomic mass is 10.1. The second kappa shape index (κ2) is 7.62. The molecular formula is C15H27N3O2. The van der Waals surface area contributed by atoms with Gasteiger partial charge in [-0.15, -0.1) is 0 Å². The summed E-state index contributed by atoms with van der Waals surface area (Å²) in [5, 5.41) is 9.29. The van der Waals surface area contributed by atoms with Gasteiger partial charge in [0.15, 0.2) is 0 Å². The number of nitrogens with one attached hydrogen (secondary N) is 3. The summed E-state index contributed by atoms with van der Waals surface area (Å²) in [7, 11) is 0. The summed E-state index contributed by atoms with van der Waals surface area (Å²) in [5.74, 6) is 0.336. The van der Waals surface area contributed by atoms with E-state index in [9.17, 15) is 9.59 Å². The molecule has 5 nitrogen and oxygen atoms in total. The minimum absolute atomic E-state index is 0.0397. The second-order valence-electron chi connectivity index (χ2n) is 6.21. The number of carbonyl (C=O) groups excluding carboxylic acids is 2. The zero-order valence-electron chi connectivity index (χ0n) is 12.4. The number of hydrogen-bond donors (Lipinski definition) is 3. The normalized spacial score (nSPS) is 25.1. The van der Waals surface area contributed by atoms with E-state index in [1.165, 1.54) is 0 Å². The lowest BCUT2D eigenvalue weighted by molar-refractivity contribution is -0.126. The molecule has 2 amide bonds. The minimum atomic E-state index is -0.0837. The van der Waals surface area contributed by atoms with Crippen LogP contribution in [0.25, 0.3) is 0 Å². The first-order valence-corrected chi connectivity index (χ1v) is 7.95. The molecule has 20 heavy (non-hydrogen) atoms. The summed E-state index contributed by atoms with van der Waals surface area (Å²) in [6, 6.07) is 0.161. The van der Waals surface area contributed by atoms with Crippen molar-refractivity contribution in [3.05, 3.63) is 0 Å². The highest BCUT2D eigenvalue weighted by molar-refractivity contribution is 5.81. The van der Waals surface area contributed by atoms with Crippen LogP contribution in [-0.4, -0.2) is 37.0 Å². The Hall–Kier alpha value is -1.10. The molecule has 5 heteroatoms. The molecule has 114 valence electrons. The maximum atomic E-state index is 12.0. The Kier molecular flexibility index (Phi) is 5.83. The highest BCUT2D eigenvalue weighted by Crippen LogP contribution is 2.24. The van der Waals surface area contributed by atoms with E-state index in [4.69, 9.17) is 0 Å². The summed E-state index contributed by atoms with van der Waals surface area (Å²) in [6.07, 6.45) is 6.83. The van der Waals surface area contributed by atoms with Crippen molar-refractivity contribution in [1.82, 2.24) is 16.0 Å². The maximum Gasteiger partial charge on any atom is 0.223 e. The molecule has 3 N–H and O–H groups in total. The minimum Gasteiger partial charge on any atom is -0.353 e. The number of hydrogen-bond acceptors (Lipinski definition) is 3. The maximum absolute atomic E-state index is 12.0. The summed E-state index contributed by atoms with van der Waals surface area (Å²) in [5.41, 5.74) is 0. The van der Waals surface area contributed by atoms with Crippen LogP contribution in [0.4, 0.5) is 0 Å². The van der Waals surface area contributed by atoms with Gasteiger partial charge in [-0.2, -0.15) is 0 Å². The first-order valence-electron chi connectivity index (χ1n) is 7.95. The van der Waals surface area contributed by atoms with Gasteiger partial charge < -0.3 is 16.0 Å². The fourth-order valence-corrected chi connectivity index (χ4v) is 3.14. The number of rotatable bonds is 5. The zero-order valence-corrected chi connectivity index (χ0v) is 12.4. The van der Waals surface area contributed by atoms with Crippen molar-refractivity contribution in [3.8, 4) is 0 Å². The molecule has 1 unspecified atom stereocenters. The molecule has 0 aromatic heterocycles. The third-order valence-electron chi connectivity index (χ3n) is 4.27. The largest absolute Gasteiger partial charge is 0.353 e. The standard InChI is InChI=1S/C15H27N3O2/c1-11(17-15(20)12-5-2-3-6-12)9-14(19)18-13-7-4-8-16-10-13/h11-13,16H,2-10H2,1H3,(H,17,20)(H,18,19)/t11?,13-/m0/s1. The Bertz CT molecular complexity index is 334. The fourth-order valence-electron chi connectivity index (χ4n) is 3.14. The molecule has 0 radical (unpaired) electrons. The van der Waals surface area contributed by atoms with Crippen LogP contribution in [0.3, 0.4) is 0 Å². The van der Waals surface area contributed by atoms with E-state index in [1.54, 1.807) is 0 Å². The van der Waals surface area contributed by atoms with Crippen LogP contribution in [0, 0.1) is 5.92 Å². The van der Waals surface area contributed by atoms with Crippen molar-refractivity contribution in [2.75, 3.05) is 13.1 Å². The van der Waals surface area contributed by atoms with Gasteiger partial charge in [0.1, 0.15) is 0 Å². The number of piperidine rings is 1. The molecule has 1 saturated heterocycles. The van der Waals surface area contributed by atoms with Gasteiger partial charge in [-0.1, -0.05) is 12.8 Å². The fraction of sp³-hybridized carbons (Fsp3) is 0.867. The van der Waals surface area contributed by atoms with Crippen molar-refractivity contribution < 1.29 is 9.59 Å². The van der Waals surface area contributed by atoms with E-state index >= 15 is 0 Å². The Morgan fingerprint density at radius 3 is 2.60 bits per heavy atom. The molecule has 0 bridgehead atoms. The molecule has 2 fully saturated rings. The lowest BCUT2D eigenvalue weighted by Crippen LogP contribution is -2.47. The van der Waals surface area contributed by atoms with Crippen molar-refractivity contribution in [1.29, 1.82) is 0 Å². The van der Waals surface area contributed by atoms with Crippen LogP contribution in [-0.2, 0) is 9.59 Å². The van der Waals surface area contributed by atoms with Crippen molar-refractivity contribution in [2.24, 2.45) is 5.92 Å². The van der Waals surface area contributed by atoms with Gasteiger partial charge in [0.2, 0.25) is 11.8 Å². The highest BCUT2D eigenvalue weighted by Gasteiger charge is 2.24. The first-order chi connectivity index (χ1) is 9.65. The molecule has 0 aromatic rings. The molecule has 0 aromatic carbocycles. The predicted octanol–water partition coefficient (Wildman–Crippen LogP) is 0.940. The predicted molar refractivity (Wildman–Crippen MR) is 78.2 cm³/mol. The summed E-state index contributed by atoms with van der Waals surface area (Å²) in [6.45, 7) is 3.81. The molecule has 1 aliphatic carbocycles. The quantitative estimate of drug-likeness (QED) is 0.702. The van der Waals surface area contributed by atoms with Crippen LogP contribution in [0.2, 0.25) is 0 Å². The molecule has 1 saturated carbocycles. The third-order valence-corrected chi connectivity index (χ3v) is 4.27. The average molecular weight is 281 g/mol. The SMILES string of the molecule is CC(CC(=O)N[C@H]1CCCNC1)NC(=O)C1CCCC1. The van der Waals surface area contributed by atoms with E-state index in [1.807, 2.05) is 6.92 Å². The molecule has 2 aliphatic rings. The summed E-state index contributed by atoms with van der Waals surface area (Å²) in [4.78, 5) is 23.9. The van der Waals surface area contributed by atoms with Crippen LogP contribution in [0.5, 0.6) is 0 Å². The van der Waals surface area contributed by atoms with Crippen LogP contribution in [0.1, 0.15) is 51.9 Å². The molecule has 1 heterocycles.